The highest BCUT2D eigenvalue weighted by Gasteiger charge is 2.17. The lowest BCUT2D eigenvalue weighted by Gasteiger charge is -2.25. The number of amides is 1. The minimum Gasteiger partial charge on any atom is -0.338 e. The molecule has 1 aromatic carbocycles. The van der Waals surface area contributed by atoms with Crippen molar-refractivity contribution in [1.82, 2.24) is 19.7 Å². The largest absolute Gasteiger partial charge is 0.338 e. The summed E-state index contributed by atoms with van der Waals surface area (Å²) in [6.07, 6.45) is 3.17. The summed E-state index contributed by atoms with van der Waals surface area (Å²) in [5.41, 5.74) is 2.04. The van der Waals surface area contributed by atoms with Crippen LogP contribution in [0, 0.1) is 0 Å². The molecule has 2 heterocycles. The average molecular weight is 358 g/mol. The molecule has 124 valence electrons. The van der Waals surface area contributed by atoms with Crippen LogP contribution in [0.3, 0.4) is 0 Å². The lowest BCUT2D eigenvalue weighted by Crippen LogP contribution is -2.31. The molecular formula is C17H18N4OS2. The van der Waals surface area contributed by atoms with Crippen molar-refractivity contribution in [2.24, 2.45) is 0 Å². The van der Waals surface area contributed by atoms with Gasteiger partial charge in [-0.05, 0) is 36.1 Å². The zero-order valence-corrected chi connectivity index (χ0v) is 15.1. The maximum Gasteiger partial charge on any atom is 0.233 e. The summed E-state index contributed by atoms with van der Waals surface area (Å²) in [7, 11) is 1.85. The van der Waals surface area contributed by atoms with E-state index in [9.17, 15) is 4.79 Å². The third kappa shape index (κ3) is 3.85. The Labute approximate surface area is 149 Å². The first-order valence-corrected chi connectivity index (χ1v) is 9.38. The van der Waals surface area contributed by atoms with Gasteiger partial charge in [0.1, 0.15) is 12.7 Å². The summed E-state index contributed by atoms with van der Waals surface area (Å²) in [5, 5.41) is 6.14. The van der Waals surface area contributed by atoms with Crippen molar-refractivity contribution in [2.45, 2.75) is 17.2 Å². The van der Waals surface area contributed by atoms with E-state index in [1.807, 2.05) is 55.7 Å². The molecule has 0 aliphatic heterocycles. The van der Waals surface area contributed by atoms with E-state index < -0.39 is 0 Å². The van der Waals surface area contributed by atoms with E-state index in [0.29, 0.717) is 5.75 Å². The SMILES string of the molecule is C[C@H](c1ccc(-n2cncn2)cc1)N(C)C(=O)CSc1cccs1. The van der Waals surface area contributed by atoms with Crippen LogP contribution in [0.15, 0.2) is 58.6 Å². The predicted molar refractivity (Wildman–Crippen MR) is 97.6 cm³/mol. The standard InChI is InChI=1S/C17H18N4OS2/c1-13(20(2)16(22)10-24-17-4-3-9-23-17)14-5-7-15(8-6-14)21-12-18-11-19-21/h3-9,11-13H,10H2,1-2H3/t13-/m1/s1. The van der Waals surface area contributed by atoms with Crippen LogP contribution >= 0.6 is 23.1 Å². The van der Waals surface area contributed by atoms with Gasteiger partial charge in [0, 0.05) is 7.05 Å². The van der Waals surface area contributed by atoms with Crippen LogP contribution in [0.2, 0.25) is 0 Å². The number of hydrogen-bond donors (Lipinski definition) is 0. The van der Waals surface area contributed by atoms with Crippen LogP contribution in [0.5, 0.6) is 0 Å². The van der Waals surface area contributed by atoms with Crippen LogP contribution in [-0.2, 0) is 4.79 Å². The van der Waals surface area contributed by atoms with Crippen LogP contribution < -0.4 is 0 Å². The molecule has 0 radical (unpaired) electrons. The Morgan fingerprint density at radius 2 is 2.12 bits per heavy atom. The Morgan fingerprint density at radius 3 is 2.75 bits per heavy atom. The lowest BCUT2D eigenvalue weighted by molar-refractivity contribution is -0.128. The number of carbonyl (C=O) groups excluding carboxylic acids is 1. The van der Waals surface area contributed by atoms with E-state index in [0.717, 1.165) is 11.3 Å². The van der Waals surface area contributed by atoms with E-state index >= 15 is 0 Å². The summed E-state index contributed by atoms with van der Waals surface area (Å²) >= 11 is 3.25. The van der Waals surface area contributed by atoms with Gasteiger partial charge in [-0.3, -0.25) is 4.79 Å². The predicted octanol–water partition coefficient (Wildman–Crippen LogP) is 3.64. The Bertz CT molecular complexity index is 770. The van der Waals surface area contributed by atoms with Crippen molar-refractivity contribution >= 4 is 29.0 Å². The third-order valence-electron chi connectivity index (χ3n) is 3.87. The Kier molecular flexibility index (Phi) is 5.32. The second-order valence-electron chi connectivity index (χ2n) is 5.33. The number of aromatic nitrogens is 3. The van der Waals surface area contributed by atoms with Crippen molar-refractivity contribution in [3.8, 4) is 5.69 Å². The quantitative estimate of drug-likeness (QED) is 0.631. The highest BCUT2D eigenvalue weighted by Crippen LogP contribution is 2.25. The highest BCUT2D eigenvalue weighted by atomic mass is 32.2. The van der Waals surface area contributed by atoms with Gasteiger partial charge in [0.25, 0.3) is 0 Å². The number of benzene rings is 1. The number of carbonyl (C=O) groups is 1. The van der Waals surface area contributed by atoms with Gasteiger partial charge in [-0.25, -0.2) is 9.67 Å². The highest BCUT2D eigenvalue weighted by molar-refractivity contribution is 8.01. The van der Waals surface area contributed by atoms with Gasteiger partial charge in [-0.1, -0.05) is 18.2 Å². The molecule has 0 fully saturated rings. The van der Waals surface area contributed by atoms with Crippen LogP contribution in [0.25, 0.3) is 5.69 Å². The summed E-state index contributed by atoms with van der Waals surface area (Å²) in [4.78, 5) is 18.1. The van der Waals surface area contributed by atoms with E-state index in [2.05, 4.69) is 10.1 Å². The number of rotatable bonds is 6. The molecule has 0 N–H and O–H groups in total. The van der Waals surface area contributed by atoms with Crippen molar-refractivity contribution in [3.05, 3.63) is 60.0 Å². The molecule has 1 atom stereocenters. The monoisotopic (exact) mass is 358 g/mol. The molecule has 2 aromatic heterocycles. The molecule has 0 bridgehead atoms. The number of hydrogen-bond acceptors (Lipinski definition) is 5. The van der Waals surface area contributed by atoms with Crippen LogP contribution in [0.1, 0.15) is 18.5 Å². The fraction of sp³-hybridized carbons (Fsp3) is 0.235. The van der Waals surface area contributed by atoms with Crippen LogP contribution in [-0.4, -0.2) is 38.4 Å². The maximum atomic E-state index is 12.4. The second kappa shape index (κ2) is 7.63. The molecule has 24 heavy (non-hydrogen) atoms. The smallest absolute Gasteiger partial charge is 0.233 e. The molecule has 0 saturated heterocycles. The third-order valence-corrected chi connectivity index (χ3v) is 5.98. The molecule has 1 amide bonds. The molecule has 3 rings (SSSR count). The van der Waals surface area contributed by atoms with E-state index in [1.165, 1.54) is 10.5 Å². The summed E-state index contributed by atoms with van der Waals surface area (Å²) in [6.45, 7) is 2.04. The Hall–Kier alpha value is -2.12. The van der Waals surface area contributed by atoms with Crippen molar-refractivity contribution in [3.63, 3.8) is 0 Å². The van der Waals surface area contributed by atoms with Crippen molar-refractivity contribution in [2.75, 3.05) is 12.8 Å². The zero-order valence-electron chi connectivity index (χ0n) is 13.5. The second-order valence-corrected chi connectivity index (χ2v) is 7.56. The van der Waals surface area contributed by atoms with Gasteiger partial charge in [-0.15, -0.1) is 23.1 Å². The molecular weight excluding hydrogens is 340 g/mol. The van der Waals surface area contributed by atoms with Gasteiger partial charge in [-0.2, -0.15) is 5.10 Å². The minimum absolute atomic E-state index is 0.0197. The Morgan fingerprint density at radius 1 is 1.33 bits per heavy atom. The van der Waals surface area contributed by atoms with E-state index in [-0.39, 0.29) is 11.9 Å². The summed E-state index contributed by atoms with van der Waals surface area (Å²) in [5.74, 6) is 0.583. The molecule has 3 aromatic rings. The van der Waals surface area contributed by atoms with Gasteiger partial charge >= 0.3 is 0 Å². The van der Waals surface area contributed by atoms with E-state index in [1.54, 1.807) is 39.0 Å². The Balaban J connectivity index is 1.62. The minimum atomic E-state index is 0.0197. The topological polar surface area (TPSA) is 51.0 Å². The van der Waals surface area contributed by atoms with Crippen molar-refractivity contribution < 1.29 is 4.79 Å². The molecule has 0 saturated carbocycles. The fourth-order valence-electron chi connectivity index (χ4n) is 2.27. The van der Waals surface area contributed by atoms with Crippen LogP contribution in [0.4, 0.5) is 0 Å². The zero-order chi connectivity index (χ0) is 16.9. The van der Waals surface area contributed by atoms with E-state index in [4.69, 9.17) is 0 Å². The molecule has 7 heteroatoms. The van der Waals surface area contributed by atoms with Gasteiger partial charge in [0.2, 0.25) is 5.91 Å². The molecule has 0 spiro atoms. The fourth-order valence-corrected chi connectivity index (χ4v) is 3.98. The number of thiophene rings is 1. The molecule has 0 unspecified atom stereocenters. The first kappa shape index (κ1) is 16.7. The summed E-state index contributed by atoms with van der Waals surface area (Å²) < 4.78 is 2.88. The van der Waals surface area contributed by atoms with Crippen molar-refractivity contribution in [1.29, 1.82) is 0 Å². The number of thioether (sulfide) groups is 1. The maximum absolute atomic E-state index is 12.4. The molecule has 0 aliphatic rings. The first-order valence-electron chi connectivity index (χ1n) is 7.52. The average Bonchev–Trinajstić information content (AvgIpc) is 3.32. The van der Waals surface area contributed by atoms with Gasteiger partial charge < -0.3 is 4.90 Å². The van der Waals surface area contributed by atoms with Gasteiger partial charge in [0.15, 0.2) is 0 Å². The molecule has 5 nitrogen and oxygen atoms in total. The first-order chi connectivity index (χ1) is 11.6. The summed E-state index contributed by atoms with van der Waals surface area (Å²) in [6, 6.07) is 12.1. The number of nitrogens with zero attached hydrogens (tertiary/aromatic N) is 4. The lowest BCUT2D eigenvalue weighted by atomic mass is 10.1. The normalized spacial score (nSPS) is 12.1. The molecule has 0 aliphatic carbocycles. The van der Waals surface area contributed by atoms with Gasteiger partial charge in [0.05, 0.1) is 21.7 Å².